The Labute approximate surface area is 106 Å². The van der Waals surface area contributed by atoms with Gasteiger partial charge in [0.25, 0.3) is 0 Å². The van der Waals surface area contributed by atoms with Gasteiger partial charge in [0.1, 0.15) is 0 Å². The van der Waals surface area contributed by atoms with Crippen molar-refractivity contribution in [2.45, 2.75) is 19.8 Å². The minimum absolute atomic E-state index is 0. The Balaban J connectivity index is 0.000000810. The fourth-order valence-corrected chi connectivity index (χ4v) is 0.970. The molecule has 1 rings (SSSR count). The molecule has 0 aromatic rings. The fourth-order valence-electron chi connectivity index (χ4n) is 0.970. The zero-order valence-electron chi connectivity index (χ0n) is 6.78. The number of rotatable bonds is 1. The molecule has 0 spiro atoms. The SMILES string of the molecule is C=CC1=[C-]C(=CC)CC1.[K+]. The summed E-state index contributed by atoms with van der Waals surface area (Å²) in [5.74, 6) is 0. The molecule has 0 N–H and O–H groups in total. The van der Waals surface area contributed by atoms with Crippen LogP contribution in [0.1, 0.15) is 19.8 Å². The van der Waals surface area contributed by atoms with Crippen molar-refractivity contribution in [1.82, 2.24) is 0 Å². The van der Waals surface area contributed by atoms with Crippen LogP contribution in [0.25, 0.3) is 0 Å². The van der Waals surface area contributed by atoms with Crippen molar-refractivity contribution in [2.75, 3.05) is 0 Å². The normalized spacial score (nSPS) is 20.1. The van der Waals surface area contributed by atoms with Crippen LogP contribution in [0.3, 0.4) is 0 Å². The van der Waals surface area contributed by atoms with Gasteiger partial charge in [0, 0.05) is 0 Å². The van der Waals surface area contributed by atoms with Crippen molar-refractivity contribution in [3.8, 4) is 0 Å². The molecular formula is C9H11K. The molecule has 0 amide bonds. The molecule has 0 fully saturated rings. The van der Waals surface area contributed by atoms with Crippen molar-refractivity contribution >= 4 is 0 Å². The maximum Gasteiger partial charge on any atom is 1.00 e. The van der Waals surface area contributed by atoms with Crippen molar-refractivity contribution < 1.29 is 51.4 Å². The first-order chi connectivity index (χ1) is 4.36. The number of hydrogen-bond acceptors (Lipinski definition) is 0. The Hall–Kier alpha value is 0.856. The van der Waals surface area contributed by atoms with Crippen LogP contribution in [0.4, 0.5) is 0 Å². The molecule has 0 heterocycles. The second-order valence-electron chi connectivity index (χ2n) is 2.17. The van der Waals surface area contributed by atoms with Gasteiger partial charge in [-0.1, -0.05) is 6.92 Å². The van der Waals surface area contributed by atoms with Crippen LogP contribution in [0.5, 0.6) is 0 Å². The van der Waals surface area contributed by atoms with E-state index in [9.17, 15) is 0 Å². The van der Waals surface area contributed by atoms with E-state index in [1.807, 2.05) is 13.0 Å². The maximum absolute atomic E-state index is 3.68. The summed E-state index contributed by atoms with van der Waals surface area (Å²) in [5.41, 5.74) is 2.58. The van der Waals surface area contributed by atoms with E-state index in [1.165, 1.54) is 11.1 Å². The van der Waals surface area contributed by atoms with Crippen LogP contribution in [-0.2, 0) is 0 Å². The van der Waals surface area contributed by atoms with Gasteiger partial charge in [-0.15, -0.1) is 0 Å². The van der Waals surface area contributed by atoms with Crippen LogP contribution in [0, 0.1) is 6.08 Å². The molecule has 1 aliphatic rings. The van der Waals surface area contributed by atoms with E-state index >= 15 is 0 Å². The molecule has 0 atom stereocenters. The van der Waals surface area contributed by atoms with E-state index in [4.69, 9.17) is 0 Å². The van der Waals surface area contributed by atoms with E-state index in [-0.39, 0.29) is 51.4 Å². The van der Waals surface area contributed by atoms with Crippen LogP contribution >= 0.6 is 0 Å². The molecule has 0 bridgehead atoms. The average molecular weight is 158 g/mol. The first kappa shape index (κ1) is 10.9. The summed E-state index contributed by atoms with van der Waals surface area (Å²) in [6, 6.07) is 0. The van der Waals surface area contributed by atoms with E-state index in [0.29, 0.717) is 0 Å². The van der Waals surface area contributed by atoms with Gasteiger partial charge in [-0.3, -0.25) is 0 Å². The molecule has 0 radical (unpaired) electrons. The Morgan fingerprint density at radius 1 is 1.50 bits per heavy atom. The molecular weight excluding hydrogens is 147 g/mol. The zero-order chi connectivity index (χ0) is 6.69. The summed E-state index contributed by atoms with van der Waals surface area (Å²) >= 11 is 0. The third-order valence-electron chi connectivity index (χ3n) is 1.58. The zero-order valence-corrected chi connectivity index (χ0v) is 9.90. The molecule has 0 aromatic carbocycles. The van der Waals surface area contributed by atoms with Crippen LogP contribution in [-0.4, -0.2) is 0 Å². The predicted molar refractivity (Wildman–Crippen MR) is 39.9 cm³/mol. The molecule has 1 aliphatic carbocycles. The van der Waals surface area contributed by atoms with Gasteiger partial charge in [0.05, 0.1) is 0 Å². The summed E-state index contributed by atoms with van der Waals surface area (Å²) in [6.45, 7) is 5.73. The molecule has 0 aromatic heterocycles. The second-order valence-corrected chi connectivity index (χ2v) is 2.17. The van der Waals surface area contributed by atoms with Gasteiger partial charge in [0.2, 0.25) is 0 Å². The summed E-state index contributed by atoms with van der Waals surface area (Å²) in [6.07, 6.45) is 9.52. The Morgan fingerprint density at radius 3 is 2.50 bits per heavy atom. The minimum atomic E-state index is 0. The molecule has 1 heteroatoms. The van der Waals surface area contributed by atoms with E-state index in [0.717, 1.165) is 12.8 Å². The second kappa shape index (κ2) is 5.50. The summed E-state index contributed by atoms with van der Waals surface area (Å²) in [4.78, 5) is 0. The average Bonchev–Trinajstić information content (AvgIpc) is 2.34. The van der Waals surface area contributed by atoms with E-state index in [2.05, 4.69) is 18.7 Å². The Morgan fingerprint density at radius 2 is 2.20 bits per heavy atom. The standard InChI is InChI=1S/C9H11.K/c1-3-8-5-6-9(4-2)7-8;/h3-4H,1,5-6H2,2H3;/q-1;+1. The van der Waals surface area contributed by atoms with Gasteiger partial charge in [-0.25, -0.2) is 0 Å². The van der Waals surface area contributed by atoms with Crippen LogP contribution in [0.15, 0.2) is 29.9 Å². The molecule has 48 valence electrons. The summed E-state index contributed by atoms with van der Waals surface area (Å²) in [5, 5.41) is 0. The van der Waals surface area contributed by atoms with E-state index in [1.54, 1.807) is 0 Å². The van der Waals surface area contributed by atoms with Crippen molar-refractivity contribution in [3.05, 3.63) is 36.0 Å². The van der Waals surface area contributed by atoms with Crippen LogP contribution in [0.2, 0.25) is 0 Å². The quantitative estimate of drug-likeness (QED) is 0.361. The Kier molecular flexibility index (Phi) is 5.97. The fraction of sp³-hybridized carbons (Fsp3) is 0.333. The molecule has 0 saturated carbocycles. The third-order valence-corrected chi connectivity index (χ3v) is 1.58. The smallest absolute Gasteiger partial charge is 0.179 e. The van der Waals surface area contributed by atoms with Gasteiger partial charge in [0.15, 0.2) is 0 Å². The molecule has 0 unspecified atom stereocenters. The van der Waals surface area contributed by atoms with Crippen LogP contribution < -0.4 is 51.4 Å². The minimum Gasteiger partial charge on any atom is -0.179 e. The van der Waals surface area contributed by atoms with E-state index < -0.39 is 0 Å². The predicted octanol–water partition coefficient (Wildman–Crippen LogP) is -0.354. The first-order valence-corrected chi connectivity index (χ1v) is 3.27. The number of allylic oxidation sites excluding steroid dienone is 5. The van der Waals surface area contributed by atoms with Crippen molar-refractivity contribution in [2.24, 2.45) is 0 Å². The largest absolute Gasteiger partial charge is 1.00 e. The topological polar surface area (TPSA) is 0 Å². The van der Waals surface area contributed by atoms with Gasteiger partial charge < -0.3 is 0 Å². The van der Waals surface area contributed by atoms with Crippen molar-refractivity contribution in [3.63, 3.8) is 0 Å². The molecule has 0 nitrogen and oxygen atoms in total. The summed E-state index contributed by atoms with van der Waals surface area (Å²) < 4.78 is 0. The molecule has 0 saturated heterocycles. The maximum atomic E-state index is 3.68. The molecule has 10 heavy (non-hydrogen) atoms. The van der Waals surface area contributed by atoms with Gasteiger partial charge in [-0.05, 0) is 12.8 Å². The Bertz CT molecular complexity index is 175. The van der Waals surface area contributed by atoms with Crippen molar-refractivity contribution in [1.29, 1.82) is 0 Å². The first-order valence-electron chi connectivity index (χ1n) is 3.27. The third kappa shape index (κ3) is 2.85. The summed E-state index contributed by atoms with van der Waals surface area (Å²) in [7, 11) is 0. The number of hydrogen-bond donors (Lipinski definition) is 0. The van der Waals surface area contributed by atoms with Gasteiger partial charge in [-0.2, -0.15) is 36.0 Å². The molecule has 0 aliphatic heterocycles. The van der Waals surface area contributed by atoms with Gasteiger partial charge >= 0.3 is 51.4 Å². The monoisotopic (exact) mass is 158 g/mol.